The van der Waals surface area contributed by atoms with Crippen LogP contribution < -0.4 is 10.6 Å². The van der Waals surface area contributed by atoms with Gasteiger partial charge in [0.05, 0.1) is 6.10 Å². The summed E-state index contributed by atoms with van der Waals surface area (Å²) in [4.78, 5) is 12.3. The van der Waals surface area contributed by atoms with Crippen LogP contribution >= 0.6 is 11.6 Å². The van der Waals surface area contributed by atoms with Crippen molar-refractivity contribution in [3.8, 4) is 0 Å². The van der Waals surface area contributed by atoms with Crippen LogP contribution in [0.4, 0.5) is 11.5 Å². The normalized spacial score (nSPS) is 16.8. The molecule has 0 spiro atoms. The summed E-state index contributed by atoms with van der Waals surface area (Å²) in [7, 11) is 0. The number of halogens is 1. The van der Waals surface area contributed by atoms with E-state index in [1.807, 2.05) is 6.92 Å². The summed E-state index contributed by atoms with van der Waals surface area (Å²) in [5, 5.41) is 14.6. The van der Waals surface area contributed by atoms with Gasteiger partial charge < -0.3 is 15.4 Å². The van der Waals surface area contributed by atoms with Gasteiger partial charge in [0.2, 0.25) is 0 Å². The zero-order valence-electron chi connectivity index (χ0n) is 13.4. The van der Waals surface area contributed by atoms with Crippen LogP contribution in [0.25, 0.3) is 0 Å². The first-order valence-corrected chi connectivity index (χ1v) is 8.27. The molecule has 3 rings (SSSR count). The van der Waals surface area contributed by atoms with E-state index in [1.54, 1.807) is 30.3 Å². The lowest BCUT2D eigenvalue weighted by Gasteiger charge is -2.11. The molecule has 24 heavy (non-hydrogen) atoms. The zero-order chi connectivity index (χ0) is 16.9. The summed E-state index contributed by atoms with van der Waals surface area (Å²) in [5.74, 6) is 0.305. The van der Waals surface area contributed by atoms with Gasteiger partial charge in [-0.05, 0) is 49.6 Å². The van der Waals surface area contributed by atoms with Crippen molar-refractivity contribution in [3.05, 3.63) is 46.6 Å². The highest BCUT2D eigenvalue weighted by atomic mass is 35.5. The van der Waals surface area contributed by atoms with Crippen LogP contribution in [0.5, 0.6) is 0 Å². The monoisotopic (exact) mass is 346 g/mol. The number of ether oxygens (including phenoxy) is 1. The lowest BCUT2D eigenvalue weighted by molar-refractivity contribution is 0.102. The molecule has 0 saturated carbocycles. The van der Waals surface area contributed by atoms with Crippen LogP contribution in [0.15, 0.2) is 30.3 Å². The first-order chi connectivity index (χ1) is 11.6. The fraction of sp³-hybridized carbons (Fsp3) is 0.353. The summed E-state index contributed by atoms with van der Waals surface area (Å²) in [5.41, 5.74) is 1.72. The molecule has 0 aliphatic carbocycles. The molecule has 1 amide bonds. The maximum atomic E-state index is 12.3. The summed E-state index contributed by atoms with van der Waals surface area (Å²) in [6.07, 6.45) is 2.38. The number of nitrogens with one attached hydrogen (secondary N) is 2. The van der Waals surface area contributed by atoms with Gasteiger partial charge in [-0.2, -0.15) is 0 Å². The maximum Gasteiger partial charge on any atom is 0.276 e. The Labute approximate surface area is 145 Å². The third-order valence-corrected chi connectivity index (χ3v) is 4.36. The Morgan fingerprint density at radius 3 is 2.92 bits per heavy atom. The number of amides is 1. The van der Waals surface area contributed by atoms with Crippen LogP contribution in [-0.4, -0.2) is 35.4 Å². The molecule has 1 saturated heterocycles. The predicted octanol–water partition coefficient (Wildman–Crippen LogP) is 3.28. The van der Waals surface area contributed by atoms with Crippen LogP contribution in [0.2, 0.25) is 5.02 Å². The largest absolute Gasteiger partial charge is 0.376 e. The number of carbonyl (C=O) groups excluding carboxylic acids is 1. The van der Waals surface area contributed by atoms with Crippen molar-refractivity contribution in [1.29, 1.82) is 0 Å². The molecule has 1 aliphatic heterocycles. The second-order valence-corrected chi connectivity index (χ2v) is 6.09. The van der Waals surface area contributed by atoms with Crippen LogP contribution in [-0.2, 0) is 4.74 Å². The fourth-order valence-corrected chi connectivity index (χ4v) is 2.68. The third kappa shape index (κ3) is 4.01. The zero-order valence-corrected chi connectivity index (χ0v) is 14.1. The number of aromatic nitrogens is 2. The van der Waals surface area contributed by atoms with Gasteiger partial charge in [0.15, 0.2) is 5.69 Å². The van der Waals surface area contributed by atoms with Crippen LogP contribution in [0.3, 0.4) is 0 Å². The van der Waals surface area contributed by atoms with Gasteiger partial charge in [0.1, 0.15) is 5.82 Å². The van der Waals surface area contributed by atoms with Crippen molar-refractivity contribution in [2.24, 2.45) is 0 Å². The van der Waals surface area contributed by atoms with Crippen molar-refractivity contribution in [1.82, 2.24) is 10.2 Å². The second-order valence-electron chi connectivity index (χ2n) is 5.69. The highest BCUT2D eigenvalue weighted by Gasteiger charge is 2.15. The molecule has 1 fully saturated rings. The third-order valence-electron chi connectivity index (χ3n) is 3.95. The Hall–Kier alpha value is -2.18. The minimum Gasteiger partial charge on any atom is -0.376 e. The summed E-state index contributed by atoms with van der Waals surface area (Å²) in [6.45, 7) is 3.36. The number of hydrogen-bond acceptors (Lipinski definition) is 5. The molecule has 7 heteroatoms. The van der Waals surface area contributed by atoms with E-state index in [4.69, 9.17) is 16.3 Å². The lowest BCUT2D eigenvalue weighted by Crippen LogP contribution is -2.20. The molecule has 0 bridgehead atoms. The van der Waals surface area contributed by atoms with Gasteiger partial charge in [-0.1, -0.05) is 17.7 Å². The first-order valence-electron chi connectivity index (χ1n) is 7.89. The van der Waals surface area contributed by atoms with Crippen molar-refractivity contribution in [2.45, 2.75) is 25.9 Å². The Morgan fingerprint density at radius 2 is 2.21 bits per heavy atom. The average Bonchev–Trinajstić information content (AvgIpc) is 3.11. The van der Waals surface area contributed by atoms with E-state index in [0.717, 1.165) is 25.0 Å². The van der Waals surface area contributed by atoms with E-state index < -0.39 is 0 Å². The second kappa shape index (κ2) is 7.59. The van der Waals surface area contributed by atoms with Crippen molar-refractivity contribution in [3.63, 3.8) is 0 Å². The number of carbonyl (C=O) groups is 1. The van der Waals surface area contributed by atoms with E-state index in [0.29, 0.717) is 23.1 Å². The predicted molar refractivity (Wildman–Crippen MR) is 93.6 cm³/mol. The average molecular weight is 347 g/mol. The summed E-state index contributed by atoms with van der Waals surface area (Å²) < 4.78 is 5.54. The van der Waals surface area contributed by atoms with E-state index in [1.165, 1.54) is 0 Å². The summed E-state index contributed by atoms with van der Waals surface area (Å²) >= 11 is 6.05. The molecular weight excluding hydrogens is 328 g/mol. The molecule has 1 unspecified atom stereocenters. The standard InChI is InChI=1S/C17H19ClN4O2/c1-11-13(18)5-2-6-14(11)20-17(23)15-7-8-16(22-21-15)19-10-12-4-3-9-24-12/h2,5-8,12H,3-4,9-10H2,1H3,(H,19,22)(H,20,23). The molecule has 6 nitrogen and oxygen atoms in total. The fourth-order valence-electron chi connectivity index (χ4n) is 2.50. The van der Waals surface area contributed by atoms with E-state index in [-0.39, 0.29) is 17.7 Å². The smallest absolute Gasteiger partial charge is 0.276 e. The Bertz CT molecular complexity index is 715. The Balaban J connectivity index is 1.60. The molecule has 2 N–H and O–H groups in total. The quantitative estimate of drug-likeness (QED) is 0.868. The van der Waals surface area contributed by atoms with Crippen molar-refractivity contribution < 1.29 is 9.53 Å². The van der Waals surface area contributed by atoms with Crippen molar-refractivity contribution in [2.75, 3.05) is 23.8 Å². The molecule has 2 heterocycles. The molecule has 0 radical (unpaired) electrons. The molecule has 126 valence electrons. The number of anilines is 2. The van der Waals surface area contributed by atoms with Gasteiger partial charge in [-0.25, -0.2) is 0 Å². The molecule has 1 aromatic heterocycles. The van der Waals surface area contributed by atoms with E-state index in [9.17, 15) is 4.79 Å². The topological polar surface area (TPSA) is 76.1 Å². The highest BCUT2D eigenvalue weighted by molar-refractivity contribution is 6.31. The van der Waals surface area contributed by atoms with Gasteiger partial charge in [-0.3, -0.25) is 4.79 Å². The van der Waals surface area contributed by atoms with Gasteiger partial charge >= 0.3 is 0 Å². The highest BCUT2D eigenvalue weighted by Crippen LogP contribution is 2.23. The van der Waals surface area contributed by atoms with Crippen LogP contribution in [0.1, 0.15) is 28.9 Å². The first kappa shape index (κ1) is 16.7. The van der Waals surface area contributed by atoms with Crippen molar-refractivity contribution >= 4 is 29.0 Å². The SMILES string of the molecule is Cc1c(Cl)cccc1NC(=O)c1ccc(NCC2CCCO2)nn1. The Kier molecular flexibility index (Phi) is 5.27. The van der Waals surface area contributed by atoms with Gasteiger partial charge in [0.25, 0.3) is 5.91 Å². The molecule has 1 atom stereocenters. The summed E-state index contributed by atoms with van der Waals surface area (Å²) in [6, 6.07) is 8.74. The van der Waals surface area contributed by atoms with Gasteiger partial charge in [-0.15, -0.1) is 10.2 Å². The molecular formula is C17H19ClN4O2. The Morgan fingerprint density at radius 1 is 1.33 bits per heavy atom. The number of rotatable bonds is 5. The van der Waals surface area contributed by atoms with Crippen LogP contribution in [0, 0.1) is 6.92 Å². The minimum absolute atomic E-state index is 0.223. The minimum atomic E-state index is -0.321. The number of benzene rings is 1. The molecule has 1 aliphatic rings. The lowest BCUT2D eigenvalue weighted by atomic mass is 10.2. The molecule has 2 aromatic rings. The molecule has 1 aromatic carbocycles. The maximum absolute atomic E-state index is 12.3. The number of hydrogen-bond donors (Lipinski definition) is 2. The van der Waals surface area contributed by atoms with Gasteiger partial charge in [0, 0.05) is 23.9 Å². The number of nitrogens with zero attached hydrogens (tertiary/aromatic N) is 2. The van der Waals surface area contributed by atoms with E-state index in [2.05, 4.69) is 20.8 Å². The van der Waals surface area contributed by atoms with E-state index >= 15 is 0 Å².